The Bertz CT molecular complexity index is 876. The summed E-state index contributed by atoms with van der Waals surface area (Å²) in [6.45, 7) is 2.14. The van der Waals surface area contributed by atoms with Gasteiger partial charge in [-0.15, -0.1) is 10.2 Å². The summed E-state index contributed by atoms with van der Waals surface area (Å²) in [5.74, 6) is 0.743. The third-order valence-corrected chi connectivity index (χ3v) is 4.93. The Hall–Kier alpha value is -2.70. The number of nitrogens with one attached hydrogen (secondary N) is 1. The number of hydrogen-bond acceptors (Lipinski definition) is 4. The number of carbonyl (C=O) groups excluding carboxylic acids is 1. The highest BCUT2D eigenvalue weighted by Gasteiger charge is 2.23. The fourth-order valence-electron chi connectivity index (χ4n) is 3.66. The first kappa shape index (κ1) is 15.8. The molecule has 1 fully saturated rings. The molecular formula is C18H22N6O. The van der Waals surface area contributed by atoms with Gasteiger partial charge in [-0.3, -0.25) is 9.48 Å². The highest BCUT2D eigenvalue weighted by molar-refractivity contribution is 5.82. The minimum absolute atomic E-state index is 0.0812. The fraction of sp³-hybridized carbons (Fsp3) is 0.444. The van der Waals surface area contributed by atoms with Crippen molar-refractivity contribution in [2.75, 3.05) is 0 Å². The van der Waals surface area contributed by atoms with Crippen LogP contribution in [0.25, 0.3) is 10.9 Å². The maximum Gasteiger partial charge on any atom is 0.242 e. The van der Waals surface area contributed by atoms with Gasteiger partial charge in [0.1, 0.15) is 12.9 Å². The molecule has 0 aliphatic heterocycles. The first-order valence-corrected chi connectivity index (χ1v) is 8.81. The molecule has 1 unspecified atom stereocenters. The van der Waals surface area contributed by atoms with Gasteiger partial charge in [-0.1, -0.05) is 31.0 Å². The van der Waals surface area contributed by atoms with E-state index in [2.05, 4.69) is 25.2 Å². The highest BCUT2D eigenvalue weighted by atomic mass is 16.2. The highest BCUT2D eigenvalue weighted by Crippen LogP contribution is 2.31. The number of rotatable bonds is 5. The molecule has 3 aromatic rings. The van der Waals surface area contributed by atoms with E-state index in [0.717, 1.165) is 29.6 Å². The Kier molecular flexibility index (Phi) is 4.21. The molecule has 1 atom stereocenters. The molecule has 0 saturated heterocycles. The molecule has 2 aromatic heterocycles. The molecule has 1 aliphatic carbocycles. The smallest absolute Gasteiger partial charge is 0.242 e. The minimum atomic E-state index is -0.183. The standard InChI is InChI=1S/C18H22N6O/c1-13(18-22-19-12-23(18)15-7-3-4-8-15)21-17(25)11-24-16-9-5-2-6-14(16)10-20-24/h2,5-6,9-10,12-13,15H,3-4,7-8,11H2,1H3,(H,21,25). The number of nitrogens with zero attached hydrogens (tertiary/aromatic N) is 5. The molecule has 25 heavy (non-hydrogen) atoms. The van der Waals surface area contributed by atoms with Gasteiger partial charge >= 0.3 is 0 Å². The molecule has 130 valence electrons. The Balaban J connectivity index is 1.45. The zero-order valence-electron chi connectivity index (χ0n) is 14.3. The number of carbonyl (C=O) groups is 1. The van der Waals surface area contributed by atoms with Crippen LogP contribution in [-0.2, 0) is 11.3 Å². The van der Waals surface area contributed by atoms with Crippen molar-refractivity contribution < 1.29 is 4.79 Å². The zero-order valence-corrected chi connectivity index (χ0v) is 14.3. The van der Waals surface area contributed by atoms with E-state index in [1.54, 1.807) is 17.2 Å². The van der Waals surface area contributed by atoms with Crippen molar-refractivity contribution in [1.29, 1.82) is 0 Å². The Labute approximate surface area is 146 Å². The van der Waals surface area contributed by atoms with Gasteiger partial charge in [0.15, 0.2) is 5.82 Å². The van der Waals surface area contributed by atoms with E-state index >= 15 is 0 Å². The minimum Gasteiger partial charge on any atom is -0.345 e. The third-order valence-electron chi connectivity index (χ3n) is 4.93. The predicted molar refractivity (Wildman–Crippen MR) is 93.8 cm³/mol. The lowest BCUT2D eigenvalue weighted by Gasteiger charge is -2.18. The normalized spacial score (nSPS) is 16.4. The molecule has 7 nitrogen and oxygen atoms in total. The van der Waals surface area contributed by atoms with E-state index < -0.39 is 0 Å². The van der Waals surface area contributed by atoms with E-state index in [1.807, 2.05) is 31.2 Å². The molecule has 0 radical (unpaired) electrons. The molecule has 1 saturated carbocycles. The number of amides is 1. The van der Waals surface area contributed by atoms with Crippen LogP contribution in [0, 0.1) is 0 Å². The van der Waals surface area contributed by atoms with Gasteiger partial charge in [0.2, 0.25) is 5.91 Å². The van der Waals surface area contributed by atoms with Crippen LogP contribution >= 0.6 is 0 Å². The van der Waals surface area contributed by atoms with Crippen molar-refractivity contribution >= 4 is 16.8 Å². The van der Waals surface area contributed by atoms with Crippen LogP contribution in [0.2, 0.25) is 0 Å². The van der Waals surface area contributed by atoms with Crippen LogP contribution in [0.4, 0.5) is 0 Å². The Morgan fingerprint density at radius 2 is 2.12 bits per heavy atom. The van der Waals surface area contributed by atoms with Crippen molar-refractivity contribution in [2.45, 2.75) is 51.2 Å². The molecule has 2 heterocycles. The monoisotopic (exact) mass is 338 g/mol. The van der Waals surface area contributed by atoms with Crippen molar-refractivity contribution in [1.82, 2.24) is 29.9 Å². The van der Waals surface area contributed by atoms with Gasteiger partial charge in [0.25, 0.3) is 0 Å². The summed E-state index contributed by atoms with van der Waals surface area (Å²) >= 11 is 0. The summed E-state index contributed by atoms with van der Waals surface area (Å²) < 4.78 is 3.85. The summed E-state index contributed by atoms with van der Waals surface area (Å²) in [4.78, 5) is 12.5. The van der Waals surface area contributed by atoms with Crippen LogP contribution in [0.5, 0.6) is 0 Å². The molecule has 1 aliphatic rings. The number of benzene rings is 1. The quantitative estimate of drug-likeness (QED) is 0.776. The predicted octanol–water partition coefficient (Wildman–Crippen LogP) is 2.62. The molecule has 0 bridgehead atoms. The lowest BCUT2D eigenvalue weighted by atomic mass is 10.2. The second-order valence-electron chi connectivity index (χ2n) is 6.68. The molecule has 4 rings (SSSR count). The molecule has 7 heteroatoms. The second-order valence-corrected chi connectivity index (χ2v) is 6.68. The molecule has 1 aromatic carbocycles. The summed E-state index contributed by atoms with van der Waals surface area (Å²) in [5.41, 5.74) is 0.958. The lowest BCUT2D eigenvalue weighted by molar-refractivity contribution is -0.122. The average Bonchev–Trinajstić information content (AvgIpc) is 3.35. The summed E-state index contributed by atoms with van der Waals surface area (Å²) in [7, 11) is 0. The maximum atomic E-state index is 12.5. The third kappa shape index (κ3) is 3.14. The topological polar surface area (TPSA) is 77.6 Å². The van der Waals surface area contributed by atoms with Crippen molar-refractivity contribution in [3.63, 3.8) is 0 Å². The molecule has 1 N–H and O–H groups in total. The number of aromatic nitrogens is 5. The van der Waals surface area contributed by atoms with Gasteiger partial charge in [-0.05, 0) is 25.8 Å². The van der Waals surface area contributed by atoms with Crippen LogP contribution < -0.4 is 5.32 Å². The van der Waals surface area contributed by atoms with E-state index in [1.165, 1.54) is 12.8 Å². The SMILES string of the molecule is CC(NC(=O)Cn1ncc2ccccc21)c1nncn1C1CCCC1. The Morgan fingerprint density at radius 1 is 1.32 bits per heavy atom. The van der Waals surface area contributed by atoms with E-state index in [4.69, 9.17) is 0 Å². The van der Waals surface area contributed by atoms with E-state index in [0.29, 0.717) is 6.04 Å². The van der Waals surface area contributed by atoms with Crippen LogP contribution in [0.3, 0.4) is 0 Å². The fourth-order valence-corrected chi connectivity index (χ4v) is 3.66. The van der Waals surface area contributed by atoms with Gasteiger partial charge in [0, 0.05) is 11.4 Å². The van der Waals surface area contributed by atoms with Crippen LogP contribution in [-0.4, -0.2) is 30.5 Å². The van der Waals surface area contributed by atoms with Crippen molar-refractivity contribution in [3.05, 3.63) is 42.6 Å². The first-order valence-electron chi connectivity index (χ1n) is 8.81. The van der Waals surface area contributed by atoms with Gasteiger partial charge in [0.05, 0.1) is 17.8 Å². The molecule has 0 spiro atoms. The zero-order chi connectivity index (χ0) is 17.2. The van der Waals surface area contributed by atoms with E-state index in [-0.39, 0.29) is 18.5 Å². The molecular weight excluding hydrogens is 316 g/mol. The maximum absolute atomic E-state index is 12.5. The van der Waals surface area contributed by atoms with Crippen molar-refractivity contribution in [3.8, 4) is 0 Å². The summed E-state index contributed by atoms with van der Waals surface area (Å²) in [6, 6.07) is 8.15. The summed E-state index contributed by atoms with van der Waals surface area (Å²) in [6.07, 6.45) is 8.37. The van der Waals surface area contributed by atoms with Crippen LogP contribution in [0.1, 0.15) is 50.5 Å². The van der Waals surface area contributed by atoms with Gasteiger partial charge < -0.3 is 9.88 Å². The number of hydrogen-bond donors (Lipinski definition) is 1. The van der Waals surface area contributed by atoms with E-state index in [9.17, 15) is 4.79 Å². The second kappa shape index (κ2) is 6.66. The largest absolute Gasteiger partial charge is 0.345 e. The summed E-state index contributed by atoms with van der Waals surface area (Å²) in [5, 5.41) is 16.7. The number of fused-ring (bicyclic) bond motifs is 1. The number of para-hydroxylation sites is 1. The van der Waals surface area contributed by atoms with Crippen molar-refractivity contribution in [2.24, 2.45) is 0 Å². The van der Waals surface area contributed by atoms with Gasteiger partial charge in [-0.2, -0.15) is 5.10 Å². The average molecular weight is 338 g/mol. The first-order chi connectivity index (χ1) is 12.2. The molecule has 1 amide bonds. The van der Waals surface area contributed by atoms with Gasteiger partial charge in [-0.25, -0.2) is 0 Å². The van der Waals surface area contributed by atoms with Crippen LogP contribution in [0.15, 0.2) is 36.8 Å². The lowest BCUT2D eigenvalue weighted by Crippen LogP contribution is -2.32. The Morgan fingerprint density at radius 3 is 2.96 bits per heavy atom.